The predicted octanol–water partition coefficient (Wildman–Crippen LogP) is 22.5. The van der Waals surface area contributed by atoms with Crippen LogP contribution in [0.1, 0.15) is 401 Å². The summed E-state index contributed by atoms with van der Waals surface area (Å²) in [6.45, 7) is 7.27. The van der Waals surface area contributed by atoms with Crippen LogP contribution in [0.25, 0.3) is 0 Å². The number of carbonyl (C=O) groups is 4. The second-order valence-electron chi connectivity index (χ2n) is 27.9. The van der Waals surface area contributed by atoms with E-state index in [-0.39, 0.29) is 25.7 Å². The van der Waals surface area contributed by atoms with E-state index in [0.717, 1.165) is 95.8 Å². The summed E-state index contributed by atoms with van der Waals surface area (Å²) in [6, 6.07) is 0. The molecule has 5 atom stereocenters. The van der Waals surface area contributed by atoms with Crippen molar-refractivity contribution in [3.8, 4) is 0 Å². The van der Waals surface area contributed by atoms with Crippen molar-refractivity contribution in [2.24, 2.45) is 5.92 Å². The Labute approximate surface area is 581 Å². The van der Waals surface area contributed by atoms with Gasteiger partial charge in [-0.1, -0.05) is 349 Å². The van der Waals surface area contributed by atoms with E-state index >= 15 is 0 Å². The van der Waals surface area contributed by atoms with Gasteiger partial charge < -0.3 is 33.8 Å². The zero-order chi connectivity index (χ0) is 69.8. The molecule has 0 heterocycles. The monoisotopic (exact) mass is 1400 g/mol. The molecule has 0 aromatic carbocycles. The Morgan fingerprint density at radius 3 is 0.716 bits per heavy atom. The molecule has 0 saturated carbocycles. The second kappa shape index (κ2) is 69.2. The maximum absolute atomic E-state index is 13.1. The Morgan fingerprint density at radius 1 is 0.284 bits per heavy atom. The molecule has 0 bridgehead atoms. The predicted molar refractivity (Wildman–Crippen MR) is 386 cm³/mol. The van der Waals surface area contributed by atoms with E-state index in [0.29, 0.717) is 25.7 Å². The van der Waals surface area contributed by atoms with Crippen molar-refractivity contribution in [1.82, 2.24) is 0 Å². The van der Waals surface area contributed by atoms with Gasteiger partial charge in [0.05, 0.1) is 26.4 Å². The van der Waals surface area contributed by atoms with Crippen LogP contribution in [0.5, 0.6) is 0 Å². The SMILES string of the molecule is CCCCCCCCCCCCCCCCCCCCC(=O)O[C@H](COC(=O)CCCCCCCCCCCCCCCCC)COP(=O)(O)OC[C@@H](O)COP(=O)(O)OC[C@@H](COC(=O)CCCCCCCCCCCC)OC(=O)CCCCCCCCCCCC(C)C. The Bertz CT molecular complexity index is 1820. The topological polar surface area (TPSA) is 237 Å². The lowest BCUT2D eigenvalue weighted by Gasteiger charge is -2.21. The van der Waals surface area contributed by atoms with Gasteiger partial charge in [0.1, 0.15) is 19.3 Å². The lowest BCUT2D eigenvalue weighted by molar-refractivity contribution is -0.161. The molecule has 2 unspecified atom stereocenters. The quantitative estimate of drug-likeness (QED) is 0.0222. The molecule has 95 heavy (non-hydrogen) atoms. The maximum Gasteiger partial charge on any atom is 0.472 e. The summed E-state index contributed by atoms with van der Waals surface area (Å²) >= 11 is 0. The molecule has 0 aliphatic heterocycles. The van der Waals surface area contributed by atoms with Gasteiger partial charge in [-0.05, 0) is 31.6 Å². The average Bonchev–Trinajstić information content (AvgIpc) is 1.70. The summed E-state index contributed by atoms with van der Waals surface area (Å²) in [6.07, 6.45) is 58.2. The van der Waals surface area contributed by atoms with Crippen molar-refractivity contribution >= 4 is 39.5 Å². The van der Waals surface area contributed by atoms with Crippen LogP contribution in [0.15, 0.2) is 0 Å². The maximum atomic E-state index is 13.1. The molecule has 0 fully saturated rings. The van der Waals surface area contributed by atoms with Gasteiger partial charge >= 0.3 is 39.5 Å². The van der Waals surface area contributed by atoms with Gasteiger partial charge in [-0.3, -0.25) is 37.3 Å². The van der Waals surface area contributed by atoms with Crippen LogP contribution in [-0.4, -0.2) is 96.7 Å². The van der Waals surface area contributed by atoms with Crippen molar-refractivity contribution < 1.29 is 80.2 Å². The molecular formula is C76H148O17P2. The van der Waals surface area contributed by atoms with Crippen LogP contribution in [0.2, 0.25) is 0 Å². The number of phosphoric ester groups is 2. The molecule has 0 radical (unpaired) electrons. The first-order valence-corrected chi connectivity index (χ1v) is 42.6. The standard InChI is InChI=1S/C76H148O17P2/c1-6-9-12-15-18-21-24-26-28-29-30-32-34-36-41-46-51-56-61-75(80)92-71(66-87-74(79)60-55-50-45-40-35-33-31-27-25-22-19-16-13-10-7-2)67-90-94(82,83)88-63-70(77)64-89-95(84,85)91-68-72(65-86-73(78)59-54-49-44-39-23-20-17-14-11-8-3)93-76(81)62-57-52-47-42-37-38-43-48-53-58-69(4)5/h69-72,77H,6-68H2,1-5H3,(H,82,83)(H,84,85)/t70-,71-,72-/m1/s1. The zero-order valence-corrected chi connectivity index (χ0v) is 63.6. The normalized spacial score (nSPS) is 13.9. The molecule has 564 valence electrons. The first-order chi connectivity index (χ1) is 46.0. The fraction of sp³-hybridized carbons (Fsp3) is 0.947. The molecule has 0 spiro atoms. The van der Waals surface area contributed by atoms with Gasteiger partial charge in [0.15, 0.2) is 12.2 Å². The zero-order valence-electron chi connectivity index (χ0n) is 61.8. The fourth-order valence-electron chi connectivity index (χ4n) is 11.7. The molecular weight excluding hydrogens is 1250 g/mol. The summed E-state index contributed by atoms with van der Waals surface area (Å²) < 4.78 is 68.5. The third kappa shape index (κ3) is 70.3. The highest BCUT2D eigenvalue weighted by molar-refractivity contribution is 7.47. The highest BCUT2D eigenvalue weighted by Crippen LogP contribution is 2.45. The van der Waals surface area contributed by atoms with E-state index in [1.54, 1.807) is 0 Å². The number of rotatable bonds is 76. The molecule has 0 aromatic rings. The molecule has 3 N–H and O–H groups in total. The number of hydrogen-bond acceptors (Lipinski definition) is 15. The van der Waals surface area contributed by atoms with Crippen molar-refractivity contribution in [3.05, 3.63) is 0 Å². The number of ether oxygens (including phenoxy) is 4. The molecule has 0 saturated heterocycles. The third-order valence-electron chi connectivity index (χ3n) is 17.8. The average molecular weight is 1400 g/mol. The van der Waals surface area contributed by atoms with Gasteiger partial charge in [0.2, 0.25) is 0 Å². The number of carbonyl (C=O) groups excluding carboxylic acids is 4. The summed E-state index contributed by atoms with van der Waals surface area (Å²) in [4.78, 5) is 72.8. The minimum Gasteiger partial charge on any atom is -0.462 e. The Hall–Kier alpha value is -1.94. The molecule has 0 aliphatic rings. The van der Waals surface area contributed by atoms with Gasteiger partial charge in [0, 0.05) is 25.7 Å². The van der Waals surface area contributed by atoms with Crippen molar-refractivity contribution in [2.75, 3.05) is 39.6 Å². The van der Waals surface area contributed by atoms with E-state index in [9.17, 15) is 43.2 Å². The summed E-state index contributed by atoms with van der Waals surface area (Å²) in [5.74, 6) is -1.38. The number of hydrogen-bond donors (Lipinski definition) is 3. The Kier molecular flexibility index (Phi) is 67.7. The second-order valence-corrected chi connectivity index (χ2v) is 30.8. The number of phosphoric acid groups is 2. The smallest absolute Gasteiger partial charge is 0.462 e. The number of esters is 4. The molecule has 17 nitrogen and oxygen atoms in total. The summed E-state index contributed by atoms with van der Waals surface area (Å²) in [5.41, 5.74) is 0. The number of aliphatic hydroxyl groups excluding tert-OH is 1. The molecule has 19 heteroatoms. The molecule has 0 rings (SSSR count). The van der Waals surface area contributed by atoms with Gasteiger partial charge in [0.25, 0.3) is 0 Å². The van der Waals surface area contributed by atoms with Crippen LogP contribution in [-0.2, 0) is 65.4 Å². The van der Waals surface area contributed by atoms with Gasteiger partial charge in [-0.25, -0.2) is 9.13 Å². The highest BCUT2D eigenvalue weighted by Gasteiger charge is 2.30. The van der Waals surface area contributed by atoms with Crippen molar-refractivity contribution in [2.45, 2.75) is 419 Å². The van der Waals surface area contributed by atoms with Crippen LogP contribution in [0.3, 0.4) is 0 Å². The van der Waals surface area contributed by atoms with Crippen molar-refractivity contribution in [3.63, 3.8) is 0 Å². The summed E-state index contributed by atoms with van der Waals surface area (Å²) in [7, 11) is -9.91. The largest absolute Gasteiger partial charge is 0.472 e. The highest BCUT2D eigenvalue weighted by atomic mass is 31.2. The lowest BCUT2D eigenvalue weighted by atomic mass is 10.0. The van der Waals surface area contributed by atoms with Crippen LogP contribution in [0, 0.1) is 5.92 Å². The minimum atomic E-state index is -4.96. The Balaban J connectivity index is 5.23. The number of unbranched alkanes of at least 4 members (excludes halogenated alkanes) is 48. The minimum absolute atomic E-state index is 0.106. The third-order valence-corrected chi connectivity index (χ3v) is 19.7. The van der Waals surface area contributed by atoms with E-state index in [1.165, 1.54) is 225 Å². The first-order valence-electron chi connectivity index (χ1n) is 39.6. The van der Waals surface area contributed by atoms with Crippen LogP contribution < -0.4 is 0 Å². The summed E-state index contributed by atoms with van der Waals surface area (Å²) in [5, 5.41) is 10.6. The van der Waals surface area contributed by atoms with Crippen molar-refractivity contribution in [1.29, 1.82) is 0 Å². The van der Waals surface area contributed by atoms with E-state index in [4.69, 9.17) is 37.0 Å². The van der Waals surface area contributed by atoms with E-state index in [2.05, 4.69) is 34.6 Å². The Morgan fingerprint density at radius 2 is 0.484 bits per heavy atom. The molecule has 0 amide bonds. The lowest BCUT2D eigenvalue weighted by Crippen LogP contribution is -2.30. The number of aliphatic hydroxyl groups is 1. The molecule has 0 aliphatic carbocycles. The van der Waals surface area contributed by atoms with Crippen LogP contribution in [0.4, 0.5) is 0 Å². The molecule has 0 aromatic heterocycles. The fourth-order valence-corrected chi connectivity index (χ4v) is 13.3. The first kappa shape index (κ1) is 93.1. The van der Waals surface area contributed by atoms with E-state index in [1.807, 2.05) is 0 Å². The van der Waals surface area contributed by atoms with Crippen LogP contribution >= 0.6 is 15.6 Å². The van der Waals surface area contributed by atoms with Gasteiger partial charge in [-0.2, -0.15) is 0 Å². The van der Waals surface area contributed by atoms with E-state index < -0.39 is 97.5 Å². The van der Waals surface area contributed by atoms with Gasteiger partial charge in [-0.15, -0.1) is 0 Å².